The average Bonchev–Trinajstić information content (AvgIpc) is 2.93. The predicted molar refractivity (Wildman–Crippen MR) is 88.7 cm³/mol. The summed E-state index contributed by atoms with van der Waals surface area (Å²) in [5, 5.41) is 0. The fourth-order valence-corrected chi connectivity index (χ4v) is 2.64. The number of benzene rings is 2. The molecule has 22 heavy (non-hydrogen) atoms. The molecule has 1 heterocycles. The second-order valence-corrected chi connectivity index (χ2v) is 5.30. The maximum Gasteiger partial charge on any atom is 0.249 e. The molecule has 2 aromatic carbocycles. The zero-order valence-corrected chi connectivity index (χ0v) is 12.7. The molecule has 0 aliphatic rings. The van der Waals surface area contributed by atoms with Crippen molar-refractivity contribution in [3.63, 3.8) is 0 Å². The first-order chi connectivity index (χ1) is 10.7. The van der Waals surface area contributed by atoms with Gasteiger partial charge in [-0.15, -0.1) is 0 Å². The van der Waals surface area contributed by atoms with Crippen molar-refractivity contribution >= 4 is 23.0 Å². The minimum atomic E-state index is 0.111. The molecule has 0 spiro atoms. The molecule has 3 rings (SSSR count). The molecule has 0 aliphatic heterocycles. The number of carbonyl (C=O) groups excluding carboxylic acids is 1. The smallest absolute Gasteiger partial charge is 0.249 e. The lowest BCUT2D eigenvalue weighted by Crippen LogP contribution is -2.36. The molecule has 0 saturated heterocycles. The Morgan fingerprint density at radius 1 is 1.18 bits per heavy atom. The molecule has 1 aromatic heterocycles. The summed E-state index contributed by atoms with van der Waals surface area (Å²) in [7, 11) is 0. The van der Waals surface area contributed by atoms with E-state index in [1.807, 2.05) is 64.0 Å². The Balaban J connectivity index is 1.92. The number of fused-ring (bicyclic) bond motifs is 1. The molecule has 0 saturated carbocycles. The molecular weight excluding hydrogens is 272 g/mol. The van der Waals surface area contributed by atoms with Gasteiger partial charge in [0.15, 0.2) is 17.6 Å². The van der Waals surface area contributed by atoms with Gasteiger partial charge in [-0.3, -0.25) is 4.79 Å². The number of imidazole rings is 1. The van der Waals surface area contributed by atoms with Gasteiger partial charge in [-0.2, -0.15) is 0 Å². The first kappa shape index (κ1) is 14.3. The third kappa shape index (κ3) is 2.58. The van der Waals surface area contributed by atoms with Gasteiger partial charge in [0.2, 0.25) is 12.1 Å². The van der Waals surface area contributed by atoms with E-state index in [1.165, 1.54) is 5.56 Å². The monoisotopic (exact) mass is 291 g/mol. The molecule has 0 unspecified atom stereocenters. The number of para-hydroxylation sites is 2. The highest BCUT2D eigenvalue weighted by Crippen LogP contribution is 2.12. The van der Waals surface area contributed by atoms with Crippen molar-refractivity contribution in [3.8, 4) is 0 Å². The average molecular weight is 291 g/mol. The molecule has 3 aromatic rings. The van der Waals surface area contributed by atoms with E-state index in [2.05, 4.69) is 13.5 Å². The molecular formula is C19H19N2O+. The van der Waals surface area contributed by atoms with Crippen molar-refractivity contribution in [1.29, 1.82) is 0 Å². The van der Waals surface area contributed by atoms with E-state index in [9.17, 15) is 4.79 Å². The Kier molecular flexibility index (Phi) is 3.88. The van der Waals surface area contributed by atoms with Crippen molar-refractivity contribution in [2.75, 3.05) is 0 Å². The summed E-state index contributed by atoms with van der Waals surface area (Å²) in [6, 6.07) is 15.9. The van der Waals surface area contributed by atoms with Crippen LogP contribution in [0.4, 0.5) is 0 Å². The Morgan fingerprint density at radius 3 is 2.59 bits per heavy atom. The first-order valence-corrected chi connectivity index (χ1v) is 7.46. The van der Waals surface area contributed by atoms with Crippen LogP contribution in [0.15, 0.2) is 61.4 Å². The maximum absolute atomic E-state index is 12.5. The van der Waals surface area contributed by atoms with Gasteiger partial charge in [-0.25, -0.2) is 9.13 Å². The van der Waals surface area contributed by atoms with E-state index in [4.69, 9.17) is 0 Å². The summed E-state index contributed by atoms with van der Waals surface area (Å²) in [5.41, 5.74) is 4.07. The number of hydrogen-bond acceptors (Lipinski definition) is 1. The van der Waals surface area contributed by atoms with Gasteiger partial charge < -0.3 is 0 Å². The van der Waals surface area contributed by atoms with Gasteiger partial charge >= 0.3 is 0 Å². The standard InChI is InChI=1S/C19H19N2O/c1-3-15-9-11-16(12-10-15)19(22)13-21-14-20(4-2)17-7-5-6-8-18(17)21/h4-12,14H,2-3,13H2,1H3/q+1. The first-order valence-electron chi connectivity index (χ1n) is 7.46. The van der Waals surface area contributed by atoms with Gasteiger partial charge in [0.05, 0.1) is 6.20 Å². The van der Waals surface area contributed by atoms with E-state index in [1.54, 1.807) is 6.20 Å². The third-order valence-electron chi connectivity index (χ3n) is 3.93. The van der Waals surface area contributed by atoms with E-state index < -0.39 is 0 Å². The van der Waals surface area contributed by atoms with Crippen LogP contribution in [0.1, 0.15) is 22.8 Å². The molecule has 0 fully saturated rings. The molecule has 3 nitrogen and oxygen atoms in total. The van der Waals surface area contributed by atoms with Crippen LogP contribution in [-0.4, -0.2) is 10.4 Å². The number of aryl methyl sites for hydroxylation is 1. The normalized spacial score (nSPS) is 10.8. The summed E-state index contributed by atoms with van der Waals surface area (Å²) in [6.07, 6.45) is 4.64. The van der Waals surface area contributed by atoms with Crippen LogP contribution in [0.3, 0.4) is 0 Å². The number of Topliss-reactive ketones (excluding diaryl/α,β-unsaturated/α-hetero) is 1. The summed E-state index contributed by atoms with van der Waals surface area (Å²) in [4.78, 5) is 12.5. The van der Waals surface area contributed by atoms with Crippen LogP contribution in [-0.2, 0) is 13.0 Å². The number of carbonyl (C=O) groups is 1. The molecule has 0 amide bonds. The Hall–Kier alpha value is -2.68. The Bertz CT molecular complexity index is 828. The largest absolute Gasteiger partial charge is 0.290 e. The van der Waals surface area contributed by atoms with Gasteiger partial charge in [-0.1, -0.05) is 49.9 Å². The fourth-order valence-electron chi connectivity index (χ4n) is 2.64. The molecule has 0 radical (unpaired) electrons. The van der Waals surface area contributed by atoms with Gasteiger partial charge in [0.25, 0.3) is 0 Å². The third-order valence-corrected chi connectivity index (χ3v) is 3.93. The van der Waals surface area contributed by atoms with Crippen LogP contribution >= 0.6 is 0 Å². The van der Waals surface area contributed by atoms with Crippen molar-refractivity contribution < 1.29 is 9.36 Å². The van der Waals surface area contributed by atoms with E-state index >= 15 is 0 Å². The zero-order chi connectivity index (χ0) is 15.5. The molecule has 0 bridgehead atoms. The van der Waals surface area contributed by atoms with Gasteiger partial charge in [-0.05, 0) is 24.1 Å². The van der Waals surface area contributed by atoms with Crippen LogP contribution in [0.5, 0.6) is 0 Å². The Labute approximate surface area is 130 Å². The van der Waals surface area contributed by atoms with Crippen LogP contribution in [0.25, 0.3) is 17.2 Å². The lowest BCUT2D eigenvalue weighted by molar-refractivity contribution is -0.657. The topological polar surface area (TPSA) is 25.9 Å². The highest BCUT2D eigenvalue weighted by Gasteiger charge is 2.17. The molecule has 110 valence electrons. The van der Waals surface area contributed by atoms with Crippen molar-refractivity contribution in [2.24, 2.45) is 0 Å². The number of ketones is 1. The van der Waals surface area contributed by atoms with Crippen molar-refractivity contribution in [2.45, 2.75) is 19.9 Å². The Morgan fingerprint density at radius 2 is 1.91 bits per heavy atom. The second kappa shape index (κ2) is 5.98. The van der Waals surface area contributed by atoms with Gasteiger partial charge in [0.1, 0.15) is 0 Å². The number of rotatable bonds is 5. The van der Waals surface area contributed by atoms with Crippen LogP contribution in [0.2, 0.25) is 0 Å². The van der Waals surface area contributed by atoms with E-state index in [0.717, 1.165) is 23.0 Å². The number of aromatic nitrogens is 2. The van der Waals surface area contributed by atoms with Crippen molar-refractivity contribution in [1.82, 2.24) is 4.57 Å². The molecule has 3 heteroatoms. The minimum absolute atomic E-state index is 0.111. The van der Waals surface area contributed by atoms with E-state index in [0.29, 0.717) is 6.54 Å². The quantitative estimate of drug-likeness (QED) is 0.522. The SMILES string of the molecule is C=Cn1c[n+](CC(=O)c2ccc(CC)cc2)c2ccccc21. The zero-order valence-electron chi connectivity index (χ0n) is 12.7. The highest BCUT2D eigenvalue weighted by molar-refractivity contribution is 5.95. The van der Waals surface area contributed by atoms with Crippen LogP contribution < -0.4 is 4.57 Å². The van der Waals surface area contributed by atoms with Crippen LogP contribution in [0, 0.1) is 0 Å². The number of nitrogens with zero attached hydrogens (tertiary/aromatic N) is 2. The fraction of sp³-hybridized carbons (Fsp3) is 0.158. The summed E-state index contributed by atoms with van der Waals surface area (Å²) in [6.45, 7) is 6.25. The summed E-state index contributed by atoms with van der Waals surface area (Å²) < 4.78 is 3.90. The second-order valence-electron chi connectivity index (χ2n) is 5.30. The minimum Gasteiger partial charge on any atom is -0.290 e. The van der Waals surface area contributed by atoms with Gasteiger partial charge in [0, 0.05) is 5.56 Å². The predicted octanol–water partition coefficient (Wildman–Crippen LogP) is 3.47. The number of hydrogen-bond donors (Lipinski definition) is 0. The molecule has 0 N–H and O–H groups in total. The molecule has 0 aliphatic carbocycles. The summed E-state index contributed by atoms with van der Waals surface area (Å²) in [5.74, 6) is 0.111. The lowest BCUT2D eigenvalue weighted by Gasteiger charge is -2.01. The van der Waals surface area contributed by atoms with E-state index in [-0.39, 0.29) is 5.78 Å². The highest BCUT2D eigenvalue weighted by atomic mass is 16.1. The summed E-state index contributed by atoms with van der Waals surface area (Å²) >= 11 is 0. The molecule has 0 atom stereocenters. The lowest BCUT2D eigenvalue weighted by atomic mass is 10.1. The maximum atomic E-state index is 12.5. The van der Waals surface area contributed by atoms with Crippen molar-refractivity contribution in [3.05, 3.63) is 72.6 Å².